The lowest BCUT2D eigenvalue weighted by atomic mass is 10.1. The molecule has 6 heteroatoms. The first kappa shape index (κ1) is 13.2. The van der Waals surface area contributed by atoms with Crippen LogP contribution in [0.4, 0.5) is 0 Å². The van der Waals surface area contributed by atoms with Gasteiger partial charge in [0.15, 0.2) is 0 Å². The molecule has 0 bridgehead atoms. The van der Waals surface area contributed by atoms with Crippen molar-refractivity contribution in [2.75, 3.05) is 6.26 Å². The molecule has 2 rings (SSSR count). The monoisotopic (exact) mass is 326 g/mol. The maximum Gasteiger partial charge on any atom is 0.337 e. The Labute approximate surface area is 117 Å². The molecule has 0 aliphatic heterocycles. The Morgan fingerprint density at radius 2 is 2.33 bits per heavy atom. The van der Waals surface area contributed by atoms with E-state index in [2.05, 4.69) is 20.9 Å². The van der Waals surface area contributed by atoms with Crippen LogP contribution in [0.3, 0.4) is 0 Å². The second-order valence-corrected chi connectivity index (χ2v) is 5.33. The van der Waals surface area contributed by atoms with E-state index in [0.717, 1.165) is 15.1 Å². The summed E-state index contributed by atoms with van der Waals surface area (Å²) in [5.74, 6) is -0.894. The first-order chi connectivity index (χ1) is 8.61. The third-order valence-electron chi connectivity index (χ3n) is 2.50. The number of hydrogen-bond acceptors (Lipinski definition) is 3. The SMILES string of the molecule is CSc1cccc(Cn2cnc(Br)c2)c1C(=O)O. The predicted octanol–water partition coefficient (Wildman–Crippen LogP) is 3.11. The summed E-state index contributed by atoms with van der Waals surface area (Å²) in [6.07, 6.45) is 5.36. The number of carbonyl (C=O) groups is 1. The highest BCUT2D eigenvalue weighted by Gasteiger charge is 2.15. The maximum atomic E-state index is 11.3. The van der Waals surface area contributed by atoms with Crippen molar-refractivity contribution < 1.29 is 9.90 Å². The molecule has 18 heavy (non-hydrogen) atoms. The van der Waals surface area contributed by atoms with Crippen LogP contribution < -0.4 is 0 Å². The predicted molar refractivity (Wildman–Crippen MR) is 74.2 cm³/mol. The van der Waals surface area contributed by atoms with Gasteiger partial charge in [-0.3, -0.25) is 0 Å². The van der Waals surface area contributed by atoms with Crippen LogP contribution in [0.1, 0.15) is 15.9 Å². The van der Waals surface area contributed by atoms with E-state index < -0.39 is 5.97 Å². The lowest BCUT2D eigenvalue weighted by Gasteiger charge is -2.10. The Bertz CT molecular complexity index is 583. The highest BCUT2D eigenvalue weighted by Crippen LogP contribution is 2.24. The van der Waals surface area contributed by atoms with Gasteiger partial charge in [-0.15, -0.1) is 11.8 Å². The van der Waals surface area contributed by atoms with Crippen molar-refractivity contribution in [3.8, 4) is 0 Å². The number of imidazole rings is 1. The van der Waals surface area contributed by atoms with E-state index in [1.165, 1.54) is 11.8 Å². The molecule has 1 aromatic carbocycles. The third kappa shape index (κ3) is 2.76. The smallest absolute Gasteiger partial charge is 0.337 e. The zero-order chi connectivity index (χ0) is 13.1. The Balaban J connectivity index is 2.41. The number of thioether (sulfide) groups is 1. The van der Waals surface area contributed by atoms with E-state index >= 15 is 0 Å². The van der Waals surface area contributed by atoms with Gasteiger partial charge in [-0.2, -0.15) is 0 Å². The molecule has 1 aromatic heterocycles. The Morgan fingerprint density at radius 1 is 1.56 bits per heavy atom. The minimum absolute atomic E-state index is 0.370. The second kappa shape index (κ2) is 5.58. The van der Waals surface area contributed by atoms with Crippen LogP contribution >= 0.6 is 27.7 Å². The van der Waals surface area contributed by atoms with Crippen LogP contribution in [0.25, 0.3) is 0 Å². The van der Waals surface area contributed by atoms with Crippen LogP contribution in [-0.4, -0.2) is 26.9 Å². The number of aromatic carboxylic acids is 1. The summed E-state index contributed by atoms with van der Waals surface area (Å²) in [5, 5.41) is 9.31. The van der Waals surface area contributed by atoms with E-state index in [9.17, 15) is 9.90 Å². The minimum Gasteiger partial charge on any atom is -0.478 e. The molecule has 0 amide bonds. The molecule has 0 saturated heterocycles. The van der Waals surface area contributed by atoms with Crippen LogP contribution in [0.15, 0.2) is 40.2 Å². The van der Waals surface area contributed by atoms with Gasteiger partial charge in [-0.05, 0) is 33.8 Å². The Morgan fingerprint density at radius 3 is 2.89 bits per heavy atom. The van der Waals surface area contributed by atoms with Gasteiger partial charge in [0.1, 0.15) is 4.60 Å². The summed E-state index contributed by atoms with van der Waals surface area (Å²) < 4.78 is 2.58. The molecule has 0 atom stereocenters. The van der Waals surface area contributed by atoms with Gasteiger partial charge in [0.05, 0.1) is 11.9 Å². The van der Waals surface area contributed by atoms with E-state index in [-0.39, 0.29) is 0 Å². The zero-order valence-electron chi connectivity index (χ0n) is 9.63. The first-order valence-corrected chi connectivity index (χ1v) is 7.20. The Hall–Kier alpha value is -1.27. The molecule has 2 aromatic rings. The van der Waals surface area contributed by atoms with Gasteiger partial charge >= 0.3 is 5.97 Å². The fourth-order valence-corrected chi connectivity index (χ4v) is 2.73. The van der Waals surface area contributed by atoms with E-state index in [1.807, 2.05) is 35.2 Å². The molecule has 4 nitrogen and oxygen atoms in total. The summed E-state index contributed by atoms with van der Waals surface area (Å²) in [6, 6.07) is 5.53. The molecule has 1 N–H and O–H groups in total. The summed E-state index contributed by atoms with van der Waals surface area (Å²) in [6.45, 7) is 0.495. The average molecular weight is 327 g/mol. The molecule has 0 spiro atoms. The van der Waals surface area contributed by atoms with Crippen LogP contribution in [0.2, 0.25) is 0 Å². The van der Waals surface area contributed by atoms with Crippen LogP contribution in [-0.2, 0) is 6.54 Å². The van der Waals surface area contributed by atoms with E-state index in [1.54, 1.807) is 6.33 Å². The van der Waals surface area contributed by atoms with Crippen LogP contribution in [0.5, 0.6) is 0 Å². The molecule has 0 saturated carbocycles. The van der Waals surface area contributed by atoms with Gasteiger partial charge in [0.25, 0.3) is 0 Å². The number of hydrogen-bond donors (Lipinski definition) is 1. The van der Waals surface area contributed by atoms with Crippen molar-refractivity contribution in [1.29, 1.82) is 0 Å². The largest absolute Gasteiger partial charge is 0.478 e. The summed E-state index contributed by atoms with van der Waals surface area (Å²) >= 11 is 4.71. The van der Waals surface area contributed by atoms with Crippen molar-refractivity contribution in [2.24, 2.45) is 0 Å². The normalized spacial score (nSPS) is 10.6. The summed E-state index contributed by atoms with van der Waals surface area (Å²) in [4.78, 5) is 16.2. The molecule has 0 aliphatic rings. The number of benzene rings is 1. The lowest BCUT2D eigenvalue weighted by Crippen LogP contribution is -2.07. The molecule has 94 valence electrons. The number of nitrogens with zero attached hydrogens (tertiary/aromatic N) is 2. The van der Waals surface area contributed by atoms with Gasteiger partial charge in [-0.1, -0.05) is 12.1 Å². The third-order valence-corrected chi connectivity index (χ3v) is 3.69. The summed E-state index contributed by atoms with van der Waals surface area (Å²) in [5.41, 5.74) is 1.15. The zero-order valence-corrected chi connectivity index (χ0v) is 12.0. The number of carboxylic acids is 1. The second-order valence-electron chi connectivity index (χ2n) is 3.67. The van der Waals surface area contributed by atoms with E-state index in [4.69, 9.17) is 0 Å². The van der Waals surface area contributed by atoms with Gasteiger partial charge in [0.2, 0.25) is 0 Å². The molecule has 0 unspecified atom stereocenters. The molecule has 0 fully saturated rings. The van der Waals surface area contributed by atoms with Gasteiger partial charge < -0.3 is 9.67 Å². The van der Waals surface area contributed by atoms with Crippen molar-refractivity contribution in [3.05, 3.63) is 46.5 Å². The molecule has 1 heterocycles. The quantitative estimate of drug-likeness (QED) is 0.877. The van der Waals surface area contributed by atoms with Gasteiger partial charge in [0, 0.05) is 17.6 Å². The fraction of sp³-hybridized carbons (Fsp3) is 0.167. The minimum atomic E-state index is -0.894. The highest BCUT2D eigenvalue weighted by atomic mass is 79.9. The maximum absolute atomic E-state index is 11.3. The number of halogens is 1. The van der Waals surface area contributed by atoms with Crippen molar-refractivity contribution >= 4 is 33.7 Å². The number of rotatable bonds is 4. The molecule has 0 radical (unpaired) electrons. The topological polar surface area (TPSA) is 55.1 Å². The standard InChI is InChI=1S/C12H11BrN2O2S/c1-18-9-4-2-3-8(11(9)12(16)17)5-15-6-10(13)14-7-15/h2-4,6-7H,5H2,1H3,(H,16,17). The summed E-state index contributed by atoms with van der Waals surface area (Å²) in [7, 11) is 0. The highest BCUT2D eigenvalue weighted by molar-refractivity contribution is 9.10. The molecular weight excluding hydrogens is 316 g/mol. The molecular formula is C12H11BrN2O2S. The first-order valence-electron chi connectivity index (χ1n) is 5.18. The van der Waals surface area contributed by atoms with Crippen molar-refractivity contribution in [1.82, 2.24) is 9.55 Å². The number of aromatic nitrogens is 2. The Kier molecular flexibility index (Phi) is 4.08. The number of carboxylic acid groups (broad SMARTS) is 1. The van der Waals surface area contributed by atoms with Crippen molar-refractivity contribution in [3.63, 3.8) is 0 Å². The fourth-order valence-electron chi connectivity index (χ4n) is 1.74. The lowest BCUT2D eigenvalue weighted by molar-refractivity contribution is 0.0691. The molecule has 0 aliphatic carbocycles. The van der Waals surface area contributed by atoms with Gasteiger partial charge in [-0.25, -0.2) is 9.78 Å². The average Bonchev–Trinajstić information content (AvgIpc) is 2.74. The van der Waals surface area contributed by atoms with Crippen molar-refractivity contribution in [2.45, 2.75) is 11.4 Å². The van der Waals surface area contributed by atoms with Crippen LogP contribution in [0, 0.1) is 0 Å². The van der Waals surface area contributed by atoms with E-state index in [0.29, 0.717) is 12.1 Å².